The molecule has 32 heavy (non-hydrogen) atoms. The highest BCUT2D eigenvalue weighted by Crippen LogP contribution is 2.30. The van der Waals surface area contributed by atoms with Gasteiger partial charge in [0.15, 0.2) is 11.0 Å². The Kier molecular flexibility index (Phi) is 7.41. The summed E-state index contributed by atoms with van der Waals surface area (Å²) in [6.07, 6.45) is -4.49. The molecule has 3 aromatic rings. The Hall–Kier alpha value is -3.05. The maximum atomic E-state index is 12.8. The number of rotatable bonds is 7. The first-order chi connectivity index (χ1) is 15.1. The van der Waals surface area contributed by atoms with Crippen LogP contribution in [0.25, 0.3) is 0 Å². The van der Waals surface area contributed by atoms with Crippen LogP contribution in [0.5, 0.6) is 0 Å². The first-order valence-electron chi connectivity index (χ1n) is 9.16. The molecule has 0 saturated heterocycles. The maximum Gasteiger partial charge on any atom is 0.416 e. The van der Waals surface area contributed by atoms with Crippen molar-refractivity contribution >= 4 is 40.9 Å². The molecule has 0 aliphatic heterocycles. The number of aromatic nitrogens is 3. The van der Waals surface area contributed by atoms with Gasteiger partial charge in [0.25, 0.3) is 5.91 Å². The third-order valence-electron chi connectivity index (χ3n) is 4.26. The van der Waals surface area contributed by atoms with Crippen LogP contribution in [0.15, 0.2) is 53.7 Å². The van der Waals surface area contributed by atoms with Crippen LogP contribution in [0.1, 0.15) is 21.7 Å². The predicted octanol–water partition coefficient (Wildman–Crippen LogP) is 4.15. The number of carbonyl (C=O) groups is 2. The molecule has 2 N–H and O–H groups in total. The summed E-state index contributed by atoms with van der Waals surface area (Å²) in [4.78, 5) is 24.4. The average molecular weight is 484 g/mol. The number of nitrogens with one attached hydrogen (secondary N) is 2. The van der Waals surface area contributed by atoms with Crippen LogP contribution in [0.2, 0.25) is 5.02 Å². The van der Waals surface area contributed by atoms with Gasteiger partial charge in [0.05, 0.1) is 28.4 Å². The summed E-state index contributed by atoms with van der Waals surface area (Å²) in [6, 6.07) is 11.0. The fourth-order valence-corrected chi connectivity index (χ4v) is 3.58. The topological polar surface area (TPSA) is 88.9 Å². The molecule has 0 saturated carbocycles. The second kappa shape index (κ2) is 10.0. The summed E-state index contributed by atoms with van der Waals surface area (Å²) in [5.74, 6) is -0.501. The Balaban J connectivity index is 1.54. The molecule has 0 atom stereocenters. The number of alkyl halides is 3. The summed E-state index contributed by atoms with van der Waals surface area (Å²) in [5.41, 5.74) is -0.469. The van der Waals surface area contributed by atoms with Crippen molar-refractivity contribution in [1.29, 1.82) is 0 Å². The molecule has 7 nitrogen and oxygen atoms in total. The van der Waals surface area contributed by atoms with Gasteiger partial charge in [-0.25, -0.2) is 0 Å². The molecule has 3 rings (SSSR count). The van der Waals surface area contributed by atoms with Crippen LogP contribution in [0.4, 0.5) is 18.9 Å². The van der Waals surface area contributed by atoms with Crippen LogP contribution < -0.4 is 10.6 Å². The summed E-state index contributed by atoms with van der Waals surface area (Å²) >= 11 is 7.06. The Morgan fingerprint density at radius 2 is 1.88 bits per heavy atom. The monoisotopic (exact) mass is 483 g/mol. The number of thioether (sulfide) groups is 1. The van der Waals surface area contributed by atoms with Crippen molar-refractivity contribution in [3.05, 3.63) is 70.5 Å². The number of anilines is 1. The molecule has 0 bridgehead atoms. The normalized spacial score (nSPS) is 11.3. The summed E-state index contributed by atoms with van der Waals surface area (Å²) in [7, 11) is 1.67. The Morgan fingerprint density at radius 3 is 2.59 bits per heavy atom. The maximum absolute atomic E-state index is 12.8. The largest absolute Gasteiger partial charge is 0.416 e. The highest BCUT2D eigenvalue weighted by atomic mass is 35.5. The van der Waals surface area contributed by atoms with Crippen LogP contribution in [0, 0.1) is 0 Å². The van der Waals surface area contributed by atoms with E-state index in [9.17, 15) is 22.8 Å². The SMILES string of the molecule is Cn1c(CNC(=O)c2ccccc2Cl)nnc1SCC(=O)Nc1cccc(C(F)(F)F)c1. The number of carbonyl (C=O) groups excluding carboxylic acids is 2. The van der Waals surface area contributed by atoms with Crippen molar-refractivity contribution < 1.29 is 22.8 Å². The lowest BCUT2D eigenvalue weighted by atomic mass is 10.2. The molecule has 0 radical (unpaired) electrons. The molecule has 1 heterocycles. The predicted molar refractivity (Wildman–Crippen MR) is 114 cm³/mol. The fraction of sp³-hybridized carbons (Fsp3) is 0.200. The van der Waals surface area contributed by atoms with Crippen molar-refractivity contribution in [1.82, 2.24) is 20.1 Å². The number of amides is 2. The van der Waals surface area contributed by atoms with Gasteiger partial charge in [0.2, 0.25) is 5.91 Å². The molecule has 0 unspecified atom stereocenters. The van der Waals surface area contributed by atoms with Crippen LogP contribution in [-0.4, -0.2) is 32.3 Å². The van der Waals surface area contributed by atoms with Crippen molar-refractivity contribution in [2.45, 2.75) is 17.9 Å². The van der Waals surface area contributed by atoms with E-state index in [4.69, 9.17) is 11.6 Å². The molecule has 0 aliphatic carbocycles. The van der Waals surface area contributed by atoms with Gasteiger partial charge < -0.3 is 15.2 Å². The van der Waals surface area contributed by atoms with Crippen molar-refractivity contribution in [2.75, 3.05) is 11.1 Å². The van der Waals surface area contributed by atoms with E-state index in [2.05, 4.69) is 20.8 Å². The molecule has 2 amide bonds. The highest BCUT2D eigenvalue weighted by Gasteiger charge is 2.30. The number of benzene rings is 2. The van der Waals surface area contributed by atoms with E-state index in [0.29, 0.717) is 21.6 Å². The van der Waals surface area contributed by atoms with E-state index >= 15 is 0 Å². The minimum atomic E-state index is -4.49. The highest BCUT2D eigenvalue weighted by molar-refractivity contribution is 7.99. The van der Waals surface area contributed by atoms with Gasteiger partial charge in [-0.05, 0) is 30.3 Å². The first-order valence-corrected chi connectivity index (χ1v) is 10.5. The summed E-state index contributed by atoms with van der Waals surface area (Å²) in [6.45, 7) is 0.0878. The number of nitrogens with zero attached hydrogens (tertiary/aromatic N) is 3. The Labute approximate surface area is 190 Å². The first kappa shape index (κ1) is 23.6. The number of hydrogen-bond donors (Lipinski definition) is 2. The van der Waals surface area contributed by atoms with Gasteiger partial charge in [0.1, 0.15) is 0 Å². The van der Waals surface area contributed by atoms with E-state index < -0.39 is 17.6 Å². The van der Waals surface area contributed by atoms with Crippen LogP contribution in [-0.2, 0) is 24.6 Å². The smallest absolute Gasteiger partial charge is 0.345 e. The Morgan fingerprint density at radius 1 is 1.12 bits per heavy atom. The molecular weight excluding hydrogens is 467 g/mol. The van der Waals surface area contributed by atoms with E-state index in [1.54, 1.807) is 35.9 Å². The van der Waals surface area contributed by atoms with Crippen molar-refractivity contribution in [3.8, 4) is 0 Å². The molecule has 0 spiro atoms. The lowest BCUT2D eigenvalue weighted by molar-refractivity contribution is -0.137. The van der Waals surface area contributed by atoms with E-state index in [1.807, 2.05) is 0 Å². The van der Waals surface area contributed by atoms with Crippen molar-refractivity contribution in [2.24, 2.45) is 7.05 Å². The minimum Gasteiger partial charge on any atom is -0.345 e. The molecule has 168 valence electrons. The summed E-state index contributed by atoms with van der Waals surface area (Å²) in [5, 5.41) is 13.8. The number of halogens is 4. The van der Waals surface area contributed by atoms with Crippen molar-refractivity contribution in [3.63, 3.8) is 0 Å². The zero-order valence-corrected chi connectivity index (χ0v) is 18.2. The molecule has 12 heteroatoms. The minimum absolute atomic E-state index is 0.0476. The van der Waals surface area contributed by atoms with Gasteiger partial charge >= 0.3 is 6.18 Å². The zero-order valence-electron chi connectivity index (χ0n) is 16.6. The third-order valence-corrected chi connectivity index (χ3v) is 5.61. The van der Waals surface area contributed by atoms with E-state index in [-0.39, 0.29) is 23.9 Å². The Bertz CT molecular complexity index is 1140. The summed E-state index contributed by atoms with van der Waals surface area (Å²) < 4.78 is 40.0. The standard InChI is InChI=1S/C20H17ClF3N5O2S/c1-29-16(10-25-18(31)14-7-2-3-8-15(14)21)27-28-19(29)32-11-17(30)26-13-6-4-5-12(9-13)20(22,23)24/h2-9H,10-11H2,1H3,(H,25,31)(H,26,30). The van der Waals surface area contributed by atoms with Gasteiger partial charge in [-0.3, -0.25) is 9.59 Å². The molecule has 1 aromatic heterocycles. The fourth-order valence-electron chi connectivity index (χ4n) is 2.63. The van der Waals surface area contributed by atoms with Gasteiger partial charge in [-0.1, -0.05) is 41.6 Å². The second-order valence-electron chi connectivity index (χ2n) is 6.54. The lowest BCUT2D eigenvalue weighted by Gasteiger charge is -2.10. The van der Waals surface area contributed by atoms with Gasteiger partial charge in [0, 0.05) is 12.7 Å². The zero-order chi connectivity index (χ0) is 23.3. The average Bonchev–Trinajstić information content (AvgIpc) is 3.10. The van der Waals surface area contributed by atoms with Crippen LogP contribution >= 0.6 is 23.4 Å². The van der Waals surface area contributed by atoms with Gasteiger partial charge in [-0.15, -0.1) is 10.2 Å². The number of hydrogen-bond acceptors (Lipinski definition) is 5. The van der Waals surface area contributed by atoms with Crippen LogP contribution in [0.3, 0.4) is 0 Å². The quantitative estimate of drug-likeness (QED) is 0.493. The van der Waals surface area contributed by atoms with E-state index in [0.717, 1.165) is 23.9 Å². The van der Waals surface area contributed by atoms with E-state index in [1.165, 1.54) is 12.1 Å². The lowest BCUT2D eigenvalue weighted by Crippen LogP contribution is -2.24. The molecule has 0 fully saturated rings. The third kappa shape index (κ3) is 6.01. The molecule has 0 aliphatic rings. The van der Waals surface area contributed by atoms with Gasteiger partial charge in [-0.2, -0.15) is 13.2 Å². The molecular formula is C20H17ClF3N5O2S. The molecule has 2 aromatic carbocycles. The second-order valence-corrected chi connectivity index (χ2v) is 7.89.